The lowest BCUT2D eigenvalue weighted by Gasteiger charge is -2.16. The molecule has 3 aromatic rings. The predicted octanol–water partition coefficient (Wildman–Crippen LogP) is 7.18. The van der Waals surface area contributed by atoms with Gasteiger partial charge in [-0.05, 0) is 42.7 Å². The molecule has 0 fully saturated rings. The van der Waals surface area contributed by atoms with Crippen molar-refractivity contribution in [2.45, 2.75) is 52.0 Å². The summed E-state index contributed by atoms with van der Waals surface area (Å²) >= 11 is 12.6. The highest BCUT2D eigenvalue weighted by atomic mass is 35.5. The molecule has 9 heteroatoms. The average Bonchev–Trinajstić information content (AvgIpc) is 3.27. The third-order valence-electron chi connectivity index (χ3n) is 5.40. The molecule has 0 saturated carbocycles. The number of carbonyl (C=O) groups is 1. The van der Waals surface area contributed by atoms with E-state index in [1.165, 1.54) is 0 Å². The molecule has 6 nitrogen and oxygen atoms in total. The van der Waals surface area contributed by atoms with E-state index >= 15 is 0 Å². The van der Waals surface area contributed by atoms with Gasteiger partial charge in [-0.3, -0.25) is 0 Å². The Kier molecular flexibility index (Phi) is 11.9. The maximum atomic E-state index is 12.7. The van der Waals surface area contributed by atoms with Crippen molar-refractivity contribution in [2.75, 3.05) is 13.2 Å². The number of carbonyl (C=O) groups excluding carboxylic acids is 1. The van der Waals surface area contributed by atoms with Crippen LogP contribution in [0.1, 0.15) is 67.3 Å². The van der Waals surface area contributed by atoms with Crippen LogP contribution in [0.15, 0.2) is 42.6 Å². The topological polar surface area (TPSA) is 90.2 Å². The molecule has 0 saturated heterocycles. The van der Waals surface area contributed by atoms with Crippen molar-refractivity contribution >= 4 is 41.6 Å². The smallest absolute Gasteiger partial charge is 0.341 e. The number of aromatic nitrogens is 2. The van der Waals surface area contributed by atoms with Crippen LogP contribution in [0.4, 0.5) is 0 Å². The highest BCUT2D eigenvalue weighted by molar-refractivity contribution is 6.39. The van der Waals surface area contributed by atoms with E-state index in [1.54, 1.807) is 36.5 Å². The van der Waals surface area contributed by atoms with E-state index in [-0.39, 0.29) is 12.4 Å². The second-order valence-corrected chi connectivity index (χ2v) is 8.90. The summed E-state index contributed by atoms with van der Waals surface area (Å²) in [5.41, 5.74) is 9.00. The van der Waals surface area contributed by atoms with Crippen LogP contribution in [0.25, 0.3) is 11.3 Å². The van der Waals surface area contributed by atoms with Gasteiger partial charge in [0.1, 0.15) is 17.1 Å². The number of H-pyrrole nitrogens is 1. The van der Waals surface area contributed by atoms with Crippen molar-refractivity contribution in [3.8, 4) is 17.0 Å². The van der Waals surface area contributed by atoms with Crippen molar-refractivity contribution in [1.82, 2.24) is 9.97 Å². The Labute approximate surface area is 222 Å². The summed E-state index contributed by atoms with van der Waals surface area (Å²) in [7, 11) is 0. The Morgan fingerprint density at radius 3 is 2.46 bits per heavy atom. The number of nitrogens with one attached hydrogen (secondary N) is 1. The van der Waals surface area contributed by atoms with Gasteiger partial charge in [-0.1, -0.05) is 62.0 Å². The second-order valence-electron chi connectivity index (χ2n) is 8.09. The Morgan fingerprint density at radius 1 is 1.09 bits per heavy atom. The minimum atomic E-state index is -0.400. The van der Waals surface area contributed by atoms with Crippen LogP contribution in [-0.4, -0.2) is 29.2 Å². The zero-order valence-corrected chi connectivity index (χ0v) is 22.3. The Bertz CT molecular complexity index is 1080. The molecule has 1 atom stereocenters. The normalized spacial score (nSPS) is 11.6. The van der Waals surface area contributed by atoms with Gasteiger partial charge in [-0.25, -0.2) is 9.78 Å². The summed E-state index contributed by atoms with van der Waals surface area (Å²) in [5.74, 6) is 0.802. The molecule has 0 amide bonds. The maximum Gasteiger partial charge on any atom is 0.341 e. The van der Waals surface area contributed by atoms with Crippen LogP contribution in [0.3, 0.4) is 0 Å². The minimum Gasteiger partial charge on any atom is -0.493 e. The van der Waals surface area contributed by atoms with E-state index in [2.05, 4.69) is 16.9 Å². The summed E-state index contributed by atoms with van der Waals surface area (Å²) in [5, 5.41) is 1.06. The lowest BCUT2D eigenvalue weighted by molar-refractivity contribution is 0.0495. The molecule has 0 spiro atoms. The number of nitrogens with zero attached hydrogens (tertiary/aromatic N) is 1. The number of halogens is 3. The maximum absolute atomic E-state index is 12.7. The van der Waals surface area contributed by atoms with Crippen molar-refractivity contribution in [3.05, 3.63) is 69.6 Å². The van der Waals surface area contributed by atoms with Gasteiger partial charge in [-0.15, -0.1) is 12.4 Å². The molecule has 0 radical (unpaired) electrons. The first-order valence-corrected chi connectivity index (χ1v) is 12.4. The third kappa shape index (κ3) is 7.87. The molecular formula is C26H32Cl3N3O3. The van der Waals surface area contributed by atoms with Gasteiger partial charge >= 0.3 is 5.97 Å². The Balaban J connectivity index is 0.00000432. The van der Waals surface area contributed by atoms with Crippen molar-refractivity contribution in [2.24, 2.45) is 5.73 Å². The first kappa shape index (κ1) is 29.0. The van der Waals surface area contributed by atoms with Crippen LogP contribution < -0.4 is 10.5 Å². The number of benzene rings is 2. The van der Waals surface area contributed by atoms with E-state index in [9.17, 15) is 4.79 Å². The number of nitrogens with two attached hydrogens (primary N) is 1. The molecule has 1 unspecified atom stereocenters. The number of hydrogen-bond donors (Lipinski definition) is 2. The molecule has 3 rings (SSSR count). The molecule has 1 heterocycles. The molecule has 2 aromatic carbocycles. The number of rotatable bonds is 12. The SMILES string of the molecule is CCCCOC(=O)c1cc(C(N)Cc2nc(-c3c(Cl)cccc3Cl)c[nH]2)ccc1OCCCC.Cl. The number of unbranched alkanes of at least 4 members (excludes halogenated alkanes) is 2. The third-order valence-corrected chi connectivity index (χ3v) is 6.03. The number of hydrogen-bond acceptors (Lipinski definition) is 5. The van der Waals surface area contributed by atoms with E-state index in [0.29, 0.717) is 58.1 Å². The van der Waals surface area contributed by atoms with Crippen LogP contribution in [0, 0.1) is 0 Å². The van der Waals surface area contributed by atoms with E-state index in [1.807, 2.05) is 13.0 Å². The minimum absolute atomic E-state index is 0. The fourth-order valence-electron chi connectivity index (χ4n) is 3.44. The summed E-state index contributed by atoms with van der Waals surface area (Å²) in [4.78, 5) is 20.5. The average molecular weight is 541 g/mol. The highest BCUT2D eigenvalue weighted by Crippen LogP contribution is 2.34. The number of esters is 1. The molecule has 0 aliphatic carbocycles. The molecule has 0 aliphatic heterocycles. The van der Waals surface area contributed by atoms with E-state index < -0.39 is 12.0 Å². The number of imidazole rings is 1. The highest BCUT2D eigenvalue weighted by Gasteiger charge is 2.19. The summed E-state index contributed by atoms with van der Waals surface area (Å²) in [6.45, 7) is 5.05. The summed E-state index contributed by atoms with van der Waals surface area (Å²) in [6.07, 6.45) is 5.86. The zero-order valence-electron chi connectivity index (χ0n) is 20.0. The van der Waals surface area contributed by atoms with Crippen LogP contribution in [-0.2, 0) is 11.2 Å². The summed E-state index contributed by atoms with van der Waals surface area (Å²) in [6, 6.07) is 10.4. The fraction of sp³-hybridized carbons (Fsp3) is 0.385. The van der Waals surface area contributed by atoms with Gasteiger partial charge in [0.05, 0.1) is 29.0 Å². The molecule has 190 valence electrons. The number of ether oxygens (including phenoxy) is 2. The van der Waals surface area contributed by atoms with Gasteiger partial charge in [0.25, 0.3) is 0 Å². The lowest BCUT2D eigenvalue weighted by Crippen LogP contribution is -2.16. The van der Waals surface area contributed by atoms with Gasteiger partial charge in [0.15, 0.2) is 0 Å². The molecule has 35 heavy (non-hydrogen) atoms. The van der Waals surface area contributed by atoms with Crippen LogP contribution in [0.2, 0.25) is 10.0 Å². The zero-order chi connectivity index (χ0) is 24.5. The second kappa shape index (κ2) is 14.3. The van der Waals surface area contributed by atoms with Gasteiger partial charge in [0.2, 0.25) is 0 Å². The van der Waals surface area contributed by atoms with Gasteiger partial charge in [0, 0.05) is 24.2 Å². The predicted molar refractivity (Wildman–Crippen MR) is 144 cm³/mol. The molecular weight excluding hydrogens is 509 g/mol. The van der Waals surface area contributed by atoms with Crippen LogP contribution >= 0.6 is 35.6 Å². The Hall–Kier alpha value is -2.25. The monoisotopic (exact) mass is 539 g/mol. The molecule has 0 bridgehead atoms. The van der Waals surface area contributed by atoms with E-state index in [0.717, 1.165) is 31.2 Å². The number of aromatic amines is 1. The summed E-state index contributed by atoms with van der Waals surface area (Å²) < 4.78 is 11.3. The largest absolute Gasteiger partial charge is 0.493 e. The van der Waals surface area contributed by atoms with Gasteiger partial charge in [-0.2, -0.15) is 0 Å². The fourth-order valence-corrected chi connectivity index (χ4v) is 4.03. The standard InChI is InChI=1S/C26H31Cl2N3O3.ClH/c1-3-5-12-33-23-11-10-17(14-18(23)26(32)34-13-6-4-2)21(29)15-24-30-16-22(31-24)25-19(27)8-7-9-20(25)28;/h7-11,14,16,21H,3-6,12-13,15,29H2,1-2H3,(H,30,31);1H. The van der Waals surface area contributed by atoms with Crippen LogP contribution in [0.5, 0.6) is 5.75 Å². The van der Waals surface area contributed by atoms with Crippen molar-refractivity contribution in [1.29, 1.82) is 0 Å². The Morgan fingerprint density at radius 2 is 1.77 bits per heavy atom. The van der Waals surface area contributed by atoms with E-state index in [4.69, 9.17) is 38.4 Å². The first-order chi connectivity index (χ1) is 16.4. The quantitative estimate of drug-likeness (QED) is 0.187. The molecule has 0 aliphatic rings. The first-order valence-electron chi connectivity index (χ1n) is 11.6. The molecule has 3 N–H and O–H groups in total. The lowest BCUT2D eigenvalue weighted by atomic mass is 10.0. The van der Waals surface area contributed by atoms with Crippen molar-refractivity contribution < 1.29 is 14.3 Å². The molecule has 1 aromatic heterocycles. The van der Waals surface area contributed by atoms with Gasteiger partial charge < -0.3 is 20.2 Å². The van der Waals surface area contributed by atoms with Crippen molar-refractivity contribution in [3.63, 3.8) is 0 Å².